The summed E-state index contributed by atoms with van der Waals surface area (Å²) >= 11 is 0. The van der Waals surface area contributed by atoms with E-state index >= 15 is 0 Å². The summed E-state index contributed by atoms with van der Waals surface area (Å²) in [4.78, 5) is 0. The summed E-state index contributed by atoms with van der Waals surface area (Å²) in [6.45, 7) is 7.30. The Morgan fingerprint density at radius 1 is 1.39 bits per heavy atom. The smallest absolute Gasteiger partial charge is 0.0824 e. The van der Waals surface area contributed by atoms with Gasteiger partial charge in [0.1, 0.15) is 0 Å². The highest BCUT2D eigenvalue weighted by Crippen LogP contribution is 2.30. The van der Waals surface area contributed by atoms with Crippen molar-refractivity contribution in [2.75, 3.05) is 6.61 Å². The molecule has 0 spiro atoms. The molecule has 3 heteroatoms. The molecule has 0 bridgehead atoms. The molecular formula is C15H24N2O. The van der Waals surface area contributed by atoms with Crippen molar-refractivity contribution in [3.05, 3.63) is 34.9 Å². The fraction of sp³-hybridized carbons (Fsp3) is 0.600. The average molecular weight is 248 g/mol. The van der Waals surface area contributed by atoms with Gasteiger partial charge in [-0.25, -0.2) is 0 Å². The lowest BCUT2D eigenvalue weighted by Crippen LogP contribution is -2.52. The molecule has 2 unspecified atom stereocenters. The molecule has 100 valence electrons. The standard InChI is InChI=1S/C15H24N2O/c1-11-5-6-13(9-12(11)2)10-14(17-16)15(3)7-4-8-18-15/h5-6,9,14,17H,4,7-8,10,16H2,1-3H3. The van der Waals surface area contributed by atoms with E-state index in [0.29, 0.717) is 0 Å². The lowest BCUT2D eigenvalue weighted by atomic mass is 9.88. The molecule has 2 atom stereocenters. The molecule has 1 fully saturated rings. The number of nitrogens with two attached hydrogens (primary N) is 1. The van der Waals surface area contributed by atoms with Crippen molar-refractivity contribution in [2.45, 2.75) is 51.7 Å². The Bertz CT molecular complexity index is 411. The van der Waals surface area contributed by atoms with Gasteiger partial charge in [-0.2, -0.15) is 0 Å². The maximum absolute atomic E-state index is 5.88. The molecule has 0 amide bonds. The van der Waals surface area contributed by atoms with Crippen LogP contribution in [0.5, 0.6) is 0 Å². The van der Waals surface area contributed by atoms with Gasteiger partial charge in [0.25, 0.3) is 0 Å². The third-order valence-corrected chi connectivity index (χ3v) is 4.20. The van der Waals surface area contributed by atoms with E-state index in [1.54, 1.807) is 0 Å². The van der Waals surface area contributed by atoms with E-state index in [9.17, 15) is 0 Å². The van der Waals surface area contributed by atoms with Crippen molar-refractivity contribution in [3.8, 4) is 0 Å². The second-order valence-corrected chi connectivity index (χ2v) is 5.61. The average Bonchev–Trinajstić information content (AvgIpc) is 2.78. The van der Waals surface area contributed by atoms with Crippen LogP contribution in [0, 0.1) is 13.8 Å². The summed E-state index contributed by atoms with van der Waals surface area (Å²) in [6.07, 6.45) is 3.11. The highest BCUT2D eigenvalue weighted by atomic mass is 16.5. The molecule has 1 aromatic carbocycles. The Hall–Kier alpha value is -0.900. The molecule has 1 heterocycles. The fourth-order valence-electron chi connectivity index (χ4n) is 2.69. The monoisotopic (exact) mass is 248 g/mol. The molecule has 1 aliphatic rings. The highest BCUT2D eigenvalue weighted by Gasteiger charge is 2.37. The van der Waals surface area contributed by atoms with Crippen molar-refractivity contribution < 1.29 is 4.74 Å². The van der Waals surface area contributed by atoms with Crippen LogP contribution in [-0.4, -0.2) is 18.2 Å². The molecule has 0 aliphatic carbocycles. The fourth-order valence-corrected chi connectivity index (χ4v) is 2.69. The van der Waals surface area contributed by atoms with Gasteiger partial charge in [0.2, 0.25) is 0 Å². The summed E-state index contributed by atoms with van der Waals surface area (Å²) in [7, 11) is 0. The molecule has 3 N–H and O–H groups in total. The zero-order valence-corrected chi connectivity index (χ0v) is 11.6. The van der Waals surface area contributed by atoms with Gasteiger partial charge < -0.3 is 4.74 Å². The van der Waals surface area contributed by atoms with E-state index in [0.717, 1.165) is 25.9 Å². The van der Waals surface area contributed by atoms with Gasteiger partial charge in [0.15, 0.2) is 0 Å². The third-order valence-electron chi connectivity index (χ3n) is 4.20. The first-order valence-electron chi connectivity index (χ1n) is 6.71. The van der Waals surface area contributed by atoms with Crippen molar-refractivity contribution in [2.24, 2.45) is 5.84 Å². The Morgan fingerprint density at radius 3 is 2.72 bits per heavy atom. The lowest BCUT2D eigenvalue weighted by Gasteiger charge is -2.33. The van der Waals surface area contributed by atoms with Crippen LogP contribution in [0.25, 0.3) is 0 Å². The minimum atomic E-state index is -0.131. The van der Waals surface area contributed by atoms with E-state index in [1.165, 1.54) is 16.7 Å². The molecule has 1 saturated heterocycles. The van der Waals surface area contributed by atoms with Gasteiger partial charge in [-0.15, -0.1) is 0 Å². The zero-order chi connectivity index (χ0) is 13.2. The third kappa shape index (κ3) is 2.74. The first kappa shape index (κ1) is 13.5. The van der Waals surface area contributed by atoms with Crippen molar-refractivity contribution in [1.29, 1.82) is 0 Å². The number of ether oxygens (including phenoxy) is 1. The predicted molar refractivity (Wildman–Crippen MR) is 74.3 cm³/mol. The molecule has 18 heavy (non-hydrogen) atoms. The Balaban J connectivity index is 2.12. The van der Waals surface area contributed by atoms with Crippen LogP contribution >= 0.6 is 0 Å². The Morgan fingerprint density at radius 2 is 2.17 bits per heavy atom. The Labute approximate surface area is 110 Å². The number of rotatable bonds is 4. The number of hydrazine groups is 1. The quantitative estimate of drug-likeness (QED) is 0.634. The minimum absolute atomic E-state index is 0.131. The van der Waals surface area contributed by atoms with E-state index in [4.69, 9.17) is 10.6 Å². The van der Waals surface area contributed by atoms with Crippen LogP contribution in [0.3, 0.4) is 0 Å². The van der Waals surface area contributed by atoms with E-state index < -0.39 is 0 Å². The molecular weight excluding hydrogens is 224 g/mol. The number of benzene rings is 1. The van der Waals surface area contributed by atoms with Crippen LogP contribution in [0.2, 0.25) is 0 Å². The highest BCUT2D eigenvalue weighted by molar-refractivity contribution is 5.30. The topological polar surface area (TPSA) is 47.3 Å². The predicted octanol–water partition coefficient (Wildman–Crippen LogP) is 2.25. The number of nitrogens with one attached hydrogen (secondary N) is 1. The van der Waals surface area contributed by atoms with Gasteiger partial charge in [-0.3, -0.25) is 11.3 Å². The summed E-state index contributed by atoms with van der Waals surface area (Å²) in [6, 6.07) is 6.78. The molecule has 0 aromatic heterocycles. The largest absolute Gasteiger partial charge is 0.374 e. The van der Waals surface area contributed by atoms with Crippen LogP contribution in [0.15, 0.2) is 18.2 Å². The SMILES string of the molecule is Cc1ccc(CC(NN)C2(C)CCCO2)cc1C. The number of hydrogen-bond donors (Lipinski definition) is 2. The van der Waals surface area contributed by atoms with Crippen molar-refractivity contribution in [3.63, 3.8) is 0 Å². The van der Waals surface area contributed by atoms with Gasteiger partial charge in [0, 0.05) is 6.61 Å². The van der Waals surface area contributed by atoms with E-state index in [-0.39, 0.29) is 11.6 Å². The summed E-state index contributed by atoms with van der Waals surface area (Å²) in [5.41, 5.74) is 6.79. The number of aryl methyl sites for hydroxylation is 2. The van der Waals surface area contributed by atoms with Crippen LogP contribution in [0.4, 0.5) is 0 Å². The van der Waals surface area contributed by atoms with Gasteiger partial charge in [-0.05, 0) is 56.7 Å². The molecule has 3 nitrogen and oxygen atoms in total. The zero-order valence-electron chi connectivity index (χ0n) is 11.6. The molecule has 0 radical (unpaired) electrons. The molecule has 1 aromatic rings. The van der Waals surface area contributed by atoms with Crippen molar-refractivity contribution >= 4 is 0 Å². The van der Waals surface area contributed by atoms with Crippen LogP contribution < -0.4 is 11.3 Å². The minimum Gasteiger partial charge on any atom is -0.374 e. The van der Waals surface area contributed by atoms with Gasteiger partial charge in [-0.1, -0.05) is 18.2 Å². The summed E-state index contributed by atoms with van der Waals surface area (Å²) in [5.74, 6) is 5.72. The second-order valence-electron chi connectivity index (χ2n) is 5.61. The Kier molecular flexibility index (Phi) is 4.05. The summed E-state index contributed by atoms with van der Waals surface area (Å²) in [5, 5.41) is 0. The first-order chi connectivity index (χ1) is 8.55. The molecule has 0 saturated carbocycles. The normalized spacial score (nSPS) is 25.3. The van der Waals surface area contributed by atoms with Crippen molar-refractivity contribution in [1.82, 2.24) is 5.43 Å². The number of hydrogen-bond acceptors (Lipinski definition) is 3. The van der Waals surface area contributed by atoms with Crippen LogP contribution in [0.1, 0.15) is 36.5 Å². The lowest BCUT2D eigenvalue weighted by molar-refractivity contribution is -0.0115. The molecule has 1 aliphatic heterocycles. The van der Waals surface area contributed by atoms with E-state index in [1.807, 2.05) is 0 Å². The summed E-state index contributed by atoms with van der Waals surface area (Å²) < 4.78 is 5.88. The van der Waals surface area contributed by atoms with Gasteiger partial charge in [0.05, 0.1) is 11.6 Å². The van der Waals surface area contributed by atoms with E-state index in [2.05, 4.69) is 44.4 Å². The van der Waals surface area contributed by atoms with Gasteiger partial charge >= 0.3 is 0 Å². The molecule has 2 rings (SSSR count). The first-order valence-corrected chi connectivity index (χ1v) is 6.71. The van der Waals surface area contributed by atoms with Crippen LogP contribution in [-0.2, 0) is 11.2 Å². The maximum atomic E-state index is 5.88. The maximum Gasteiger partial charge on any atom is 0.0824 e. The second kappa shape index (κ2) is 5.39.